The van der Waals surface area contributed by atoms with Gasteiger partial charge in [-0.1, -0.05) is 17.7 Å². The van der Waals surface area contributed by atoms with Crippen molar-refractivity contribution in [2.24, 2.45) is 0 Å². The van der Waals surface area contributed by atoms with Gasteiger partial charge in [0.2, 0.25) is 5.95 Å². The van der Waals surface area contributed by atoms with E-state index in [-0.39, 0.29) is 11.6 Å². The number of benzene rings is 1. The molecule has 25 heavy (non-hydrogen) atoms. The number of aromatic nitrogens is 3. The van der Waals surface area contributed by atoms with Crippen molar-refractivity contribution in [1.29, 1.82) is 0 Å². The molecule has 0 saturated heterocycles. The van der Waals surface area contributed by atoms with E-state index in [1.165, 1.54) is 6.20 Å². The molecule has 0 spiro atoms. The Hall–Kier alpha value is -2.99. The first-order chi connectivity index (χ1) is 12.1. The Bertz CT molecular complexity index is 886. The molecule has 0 aliphatic carbocycles. The standard InChI is InChI=1S/C18H16ClN5O/c1-12-14(19)3-2-4-15(12)23-18-21-10-7-16(24-18)17(25)22-11-13-5-8-20-9-6-13/h2-10H,11H2,1H3,(H,22,25)(H,21,23,24). The maximum absolute atomic E-state index is 12.3. The zero-order valence-corrected chi connectivity index (χ0v) is 14.3. The van der Waals surface area contributed by atoms with E-state index in [0.29, 0.717) is 17.5 Å². The third-order valence-corrected chi connectivity index (χ3v) is 4.01. The van der Waals surface area contributed by atoms with Crippen molar-refractivity contribution in [2.75, 3.05) is 5.32 Å². The van der Waals surface area contributed by atoms with Crippen LogP contribution in [0.2, 0.25) is 5.02 Å². The molecule has 6 nitrogen and oxygen atoms in total. The van der Waals surface area contributed by atoms with Crippen LogP contribution in [0.5, 0.6) is 0 Å². The second-order valence-corrected chi connectivity index (χ2v) is 5.75. The Morgan fingerprint density at radius 2 is 1.92 bits per heavy atom. The van der Waals surface area contributed by atoms with Gasteiger partial charge in [0.1, 0.15) is 5.69 Å². The highest BCUT2D eigenvalue weighted by atomic mass is 35.5. The first-order valence-electron chi connectivity index (χ1n) is 7.66. The number of carbonyl (C=O) groups is 1. The van der Waals surface area contributed by atoms with Gasteiger partial charge < -0.3 is 10.6 Å². The summed E-state index contributed by atoms with van der Waals surface area (Å²) in [7, 11) is 0. The Kier molecular flexibility index (Phi) is 5.20. The van der Waals surface area contributed by atoms with Crippen LogP contribution in [0, 0.1) is 6.92 Å². The predicted octanol–water partition coefficient (Wildman–Crippen LogP) is 3.51. The number of hydrogen-bond donors (Lipinski definition) is 2. The summed E-state index contributed by atoms with van der Waals surface area (Å²) in [6.45, 7) is 2.30. The van der Waals surface area contributed by atoms with Gasteiger partial charge >= 0.3 is 0 Å². The summed E-state index contributed by atoms with van der Waals surface area (Å²) in [5.41, 5.74) is 2.93. The Morgan fingerprint density at radius 1 is 1.12 bits per heavy atom. The lowest BCUT2D eigenvalue weighted by atomic mass is 10.2. The molecule has 7 heteroatoms. The van der Waals surface area contributed by atoms with E-state index in [1.807, 2.05) is 37.3 Å². The number of amides is 1. The SMILES string of the molecule is Cc1c(Cl)cccc1Nc1nccc(C(=O)NCc2ccncc2)n1. The van der Waals surface area contributed by atoms with Crippen LogP contribution < -0.4 is 10.6 Å². The number of nitrogens with one attached hydrogen (secondary N) is 2. The fourth-order valence-electron chi connectivity index (χ4n) is 2.18. The fraction of sp³-hybridized carbons (Fsp3) is 0.111. The average Bonchev–Trinajstić information content (AvgIpc) is 2.64. The highest BCUT2D eigenvalue weighted by molar-refractivity contribution is 6.31. The molecule has 126 valence electrons. The van der Waals surface area contributed by atoms with Crippen LogP contribution in [0.15, 0.2) is 55.0 Å². The maximum Gasteiger partial charge on any atom is 0.270 e. The second kappa shape index (κ2) is 7.72. The Balaban J connectivity index is 1.70. The van der Waals surface area contributed by atoms with Crippen LogP contribution in [0.3, 0.4) is 0 Å². The molecule has 1 aromatic carbocycles. The van der Waals surface area contributed by atoms with Gasteiger partial charge in [-0.3, -0.25) is 9.78 Å². The molecule has 1 amide bonds. The lowest BCUT2D eigenvalue weighted by Crippen LogP contribution is -2.24. The molecule has 0 saturated carbocycles. The van der Waals surface area contributed by atoms with E-state index in [9.17, 15) is 4.79 Å². The normalized spacial score (nSPS) is 10.3. The van der Waals surface area contributed by atoms with E-state index in [1.54, 1.807) is 18.5 Å². The maximum atomic E-state index is 12.3. The van der Waals surface area contributed by atoms with Crippen molar-refractivity contribution in [3.63, 3.8) is 0 Å². The van der Waals surface area contributed by atoms with Crippen LogP contribution in [-0.4, -0.2) is 20.9 Å². The van der Waals surface area contributed by atoms with Gasteiger partial charge in [-0.05, 0) is 48.4 Å². The molecule has 0 unspecified atom stereocenters. The minimum absolute atomic E-state index is 0.273. The van der Waals surface area contributed by atoms with Crippen LogP contribution >= 0.6 is 11.6 Å². The van der Waals surface area contributed by atoms with Gasteiger partial charge in [0.15, 0.2) is 0 Å². The van der Waals surface area contributed by atoms with Crippen LogP contribution in [0.1, 0.15) is 21.6 Å². The molecule has 0 atom stereocenters. The molecular weight excluding hydrogens is 338 g/mol. The summed E-state index contributed by atoms with van der Waals surface area (Å²) in [4.78, 5) is 24.6. The van der Waals surface area contributed by atoms with Crippen molar-refractivity contribution >= 4 is 29.1 Å². The molecule has 3 aromatic rings. The summed E-state index contributed by atoms with van der Waals surface area (Å²) < 4.78 is 0. The minimum atomic E-state index is -0.273. The number of nitrogens with zero attached hydrogens (tertiary/aromatic N) is 3. The third kappa shape index (κ3) is 4.30. The highest BCUT2D eigenvalue weighted by Gasteiger charge is 2.10. The van der Waals surface area contributed by atoms with Crippen molar-refractivity contribution in [3.05, 3.63) is 76.8 Å². The van der Waals surface area contributed by atoms with Gasteiger partial charge in [-0.2, -0.15) is 0 Å². The van der Waals surface area contributed by atoms with Crippen molar-refractivity contribution in [3.8, 4) is 0 Å². The van der Waals surface area contributed by atoms with Crippen LogP contribution in [-0.2, 0) is 6.54 Å². The fourth-order valence-corrected chi connectivity index (χ4v) is 2.36. The molecule has 2 N–H and O–H groups in total. The molecule has 0 fully saturated rings. The Morgan fingerprint density at radius 3 is 2.72 bits per heavy atom. The predicted molar refractivity (Wildman–Crippen MR) is 96.9 cm³/mol. The van der Waals surface area contributed by atoms with Gasteiger partial charge in [-0.15, -0.1) is 0 Å². The molecule has 3 rings (SSSR count). The van der Waals surface area contributed by atoms with Crippen molar-refractivity contribution in [1.82, 2.24) is 20.3 Å². The quantitative estimate of drug-likeness (QED) is 0.733. The molecule has 0 aliphatic rings. The lowest BCUT2D eigenvalue weighted by Gasteiger charge is -2.10. The smallest absolute Gasteiger partial charge is 0.270 e. The highest BCUT2D eigenvalue weighted by Crippen LogP contribution is 2.24. The number of carbonyl (C=O) groups excluding carboxylic acids is 1. The first-order valence-corrected chi connectivity index (χ1v) is 8.03. The van der Waals surface area contributed by atoms with Crippen LogP contribution in [0.25, 0.3) is 0 Å². The van der Waals surface area contributed by atoms with E-state index < -0.39 is 0 Å². The average molecular weight is 354 g/mol. The Labute approximate surface area is 150 Å². The molecular formula is C18H16ClN5O. The van der Waals surface area contributed by atoms with E-state index in [2.05, 4.69) is 25.6 Å². The number of halogens is 1. The second-order valence-electron chi connectivity index (χ2n) is 5.34. The number of rotatable bonds is 5. The molecule has 2 heterocycles. The van der Waals surface area contributed by atoms with E-state index in [4.69, 9.17) is 11.6 Å². The molecule has 0 radical (unpaired) electrons. The zero-order valence-electron chi connectivity index (χ0n) is 13.5. The number of anilines is 2. The van der Waals surface area contributed by atoms with Gasteiger partial charge in [-0.25, -0.2) is 9.97 Å². The van der Waals surface area contributed by atoms with Crippen molar-refractivity contribution < 1.29 is 4.79 Å². The lowest BCUT2D eigenvalue weighted by molar-refractivity contribution is 0.0946. The van der Waals surface area contributed by atoms with E-state index in [0.717, 1.165) is 16.8 Å². The van der Waals surface area contributed by atoms with Gasteiger partial charge in [0.05, 0.1) is 0 Å². The third-order valence-electron chi connectivity index (χ3n) is 3.60. The minimum Gasteiger partial charge on any atom is -0.347 e. The molecule has 0 bridgehead atoms. The van der Waals surface area contributed by atoms with Gasteiger partial charge in [0, 0.05) is 35.8 Å². The van der Waals surface area contributed by atoms with E-state index >= 15 is 0 Å². The van der Waals surface area contributed by atoms with Crippen molar-refractivity contribution in [2.45, 2.75) is 13.5 Å². The van der Waals surface area contributed by atoms with Crippen LogP contribution in [0.4, 0.5) is 11.6 Å². The molecule has 0 aliphatic heterocycles. The largest absolute Gasteiger partial charge is 0.347 e. The first kappa shape index (κ1) is 16.9. The summed E-state index contributed by atoms with van der Waals surface area (Å²) in [5.74, 6) is 0.0620. The topological polar surface area (TPSA) is 79.8 Å². The van der Waals surface area contributed by atoms with Gasteiger partial charge in [0.25, 0.3) is 5.91 Å². The summed E-state index contributed by atoms with van der Waals surface area (Å²) >= 11 is 6.11. The molecule has 2 aromatic heterocycles. The summed E-state index contributed by atoms with van der Waals surface area (Å²) in [6, 6.07) is 10.8. The summed E-state index contributed by atoms with van der Waals surface area (Å²) in [6.07, 6.45) is 4.90. The number of hydrogen-bond acceptors (Lipinski definition) is 5. The monoisotopic (exact) mass is 353 g/mol. The zero-order chi connectivity index (χ0) is 17.6. The summed E-state index contributed by atoms with van der Waals surface area (Å²) in [5, 5.41) is 6.56. The number of pyridine rings is 1.